The lowest BCUT2D eigenvalue weighted by Crippen LogP contribution is -2.51. The molecule has 2 amide bonds. The minimum Gasteiger partial charge on any atom is -0.370 e. The Labute approximate surface area is 151 Å². The average molecular weight is 356 g/mol. The Morgan fingerprint density at radius 3 is 2.54 bits per heavy atom. The number of hydrogen-bond donors (Lipinski definition) is 1. The maximum Gasteiger partial charge on any atom is 0.251 e. The van der Waals surface area contributed by atoms with E-state index in [4.69, 9.17) is 4.74 Å². The number of hydrogen-bond acceptors (Lipinski definition) is 3. The van der Waals surface area contributed by atoms with Crippen LogP contribution in [0.15, 0.2) is 54.6 Å². The second-order valence-electron chi connectivity index (χ2n) is 6.26. The van der Waals surface area contributed by atoms with E-state index in [1.54, 1.807) is 48.2 Å². The molecule has 0 saturated carbocycles. The maximum absolute atomic E-state index is 13.1. The Hall–Kier alpha value is -2.73. The van der Waals surface area contributed by atoms with Crippen molar-refractivity contribution in [3.05, 3.63) is 71.5 Å². The van der Waals surface area contributed by atoms with Crippen LogP contribution in [0, 0.1) is 5.82 Å². The predicted molar refractivity (Wildman–Crippen MR) is 95.0 cm³/mol. The zero-order chi connectivity index (χ0) is 18.5. The molecule has 1 fully saturated rings. The Balaban J connectivity index is 1.61. The molecule has 1 N–H and O–H groups in total. The number of nitrogens with one attached hydrogen (secondary N) is 1. The number of morpholine rings is 1. The number of benzene rings is 2. The van der Waals surface area contributed by atoms with E-state index in [1.807, 2.05) is 6.07 Å². The third kappa shape index (κ3) is 4.26. The van der Waals surface area contributed by atoms with Gasteiger partial charge in [-0.3, -0.25) is 9.59 Å². The van der Waals surface area contributed by atoms with Crippen LogP contribution < -0.4 is 5.32 Å². The normalized spacial score (nSPS) is 18.2. The van der Waals surface area contributed by atoms with Crippen molar-refractivity contribution < 1.29 is 18.7 Å². The highest BCUT2D eigenvalue weighted by molar-refractivity contribution is 5.97. The van der Waals surface area contributed by atoms with Crippen molar-refractivity contribution in [2.45, 2.75) is 19.1 Å². The van der Waals surface area contributed by atoms with Crippen molar-refractivity contribution in [1.82, 2.24) is 10.2 Å². The standard InChI is InChI=1S/C20H21FN2O3/c1-14(22-19(24)16-5-3-2-4-6-16)20(25)23-11-12-26-18(13-23)15-7-9-17(21)10-8-15/h2-10,14,18H,11-13H2,1H3,(H,22,24). The number of amides is 2. The molecule has 2 aromatic carbocycles. The molecule has 1 heterocycles. The van der Waals surface area contributed by atoms with E-state index in [0.29, 0.717) is 25.3 Å². The molecule has 1 aliphatic heterocycles. The van der Waals surface area contributed by atoms with Gasteiger partial charge in [-0.25, -0.2) is 4.39 Å². The third-order valence-corrected chi connectivity index (χ3v) is 4.37. The highest BCUT2D eigenvalue weighted by Gasteiger charge is 2.29. The Morgan fingerprint density at radius 2 is 1.85 bits per heavy atom. The summed E-state index contributed by atoms with van der Waals surface area (Å²) in [6.45, 7) is 2.90. The first-order chi connectivity index (χ1) is 12.5. The largest absolute Gasteiger partial charge is 0.370 e. The van der Waals surface area contributed by atoms with Crippen LogP contribution in [-0.4, -0.2) is 42.5 Å². The van der Waals surface area contributed by atoms with Gasteiger partial charge in [0.1, 0.15) is 18.0 Å². The number of rotatable bonds is 4. The Morgan fingerprint density at radius 1 is 1.15 bits per heavy atom. The summed E-state index contributed by atoms with van der Waals surface area (Å²) in [5, 5.41) is 2.73. The SMILES string of the molecule is CC(NC(=O)c1ccccc1)C(=O)N1CCOC(c2ccc(F)cc2)C1. The topological polar surface area (TPSA) is 58.6 Å². The van der Waals surface area contributed by atoms with Gasteiger partial charge in [-0.1, -0.05) is 30.3 Å². The third-order valence-electron chi connectivity index (χ3n) is 4.37. The molecule has 0 aliphatic carbocycles. The van der Waals surface area contributed by atoms with Crippen LogP contribution in [0.5, 0.6) is 0 Å². The minimum absolute atomic E-state index is 0.162. The number of halogens is 1. The van der Waals surface area contributed by atoms with Crippen LogP contribution in [0.25, 0.3) is 0 Å². The van der Waals surface area contributed by atoms with Gasteiger partial charge in [0.25, 0.3) is 5.91 Å². The fourth-order valence-electron chi connectivity index (χ4n) is 2.93. The summed E-state index contributed by atoms with van der Waals surface area (Å²) in [7, 11) is 0. The zero-order valence-corrected chi connectivity index (χ0v) is 14.5. The summed E-state index contributed by atoms with van der Waals surface area (Å²) in [5.74, 6) is -0.755. The molecule has 1 aliphatic rings. The van der Waals surface area contributed by atoms with Gasteiger partial charge in [0.15, 0.2) is 0 Å². The van der Waals surface area contributed by atoms with E-state index >= 15 is 0 Å². The molecule has 26 heavy (non-hydrogen) atoms. The van der Waals surface area contributed by atoms with Gasteiger partial charge < -0.3 is 15.0 Å². The van der Waals surface area contributed by atoms with E-state index in [2.05, 4.69) is 5.32 Å². The molecule has 1 saturated heterocycles. The lowest BCUT2D eigenvalue weighted by atomic mass is 10.1. The van der Waals surface area contributed by atoms with E-state index in [0.717, 1.165) is 5.56 Å². The second kappa shape index (κ2) is 8.10. The number of carbonyl (C=O) groups excluding carboxylic acids is 2. The summed E-state index contributed by atoms with van der Waals surface area (Å²) in [6.07, 6.45) is -0.301. The number of nitrogens with zero attached hydrogens (tertiary/aromatic N) is 1. The fourth-order valence-corrected chi connectivity index (χ4v) is 2.93. The highest BCUT2D eigenvalue weighted by atomic mass is 19.1. The van der Waals surface area contributed by atoms with Crippen LogP contribution >= 0.6 is 0 Å². The van der Waals surface area contributed by atoms with Crippen molar-refractivity contribution in [2.75, 3.05) is 19.7 Å². The summed E-state index contributed by atoms with van der Waals surface area (Å²) >= 11 is 0. The molecule has 5 nitrogen and oxygen atoms in total. The van der Waals surface area contributed by atoms with E-state index in [1.165, 1.54) is 12.1 Å². The highest BCUT2D eigenvalue weighted by Crippen LogP contribution is 2.23. The monoisotopic (exact) mass is 356 g/mol. The van der Waals surface area contributed by atoms with Crippen molar-refractivity contribution >= 4 is 11.8 Å². The summed E-state index contributed by atoms with van der Waals surface area (Å²) in [5.41, 5.74) is 1.34. The van der Waals surface area contributed by atoms with Crippen LogP contribution in [0.2, 0.25) is 0 Å². The predicted octanol–water partition coefficient (Wildman–Crippen LogP) is 2.54. The fraction of sp³-hybridized carbons (Fsp3) is 0.300. The van der Waals surface area contributed by atoms with Gasteiger partial charge in [0.2, 0.25) is 5.91 Å². The summed E-state index contributed by atoms with van der Waals surface area (Å²) < 4.78 is 18.8. The van der Waals surface area contributed by atoms with E-state index < -0.39 is 6.04 Å². The molecule has 0 spiro atoms. The molecule has 0 bridgehead atoms. The van der Waals surface area contributed by atoms with Gasteiger partial charge in [0, 0.05) is 12.1 Å². The molecule has 3 rings (SSSR count). The lowest BCUT2D eigenvalue weighted by Gasteiger charge is -2.34. The first-order valence-corrected chi connectivity index (χ1v) is 8.56. The molecule has 2 aromatic rings. The molecule has 0 aromatic heterocycles. The number of ether oxygens (including phenoxy) is 1. The van der Waals surface area contributed by atoms with Crippen LogP contribution in [-0.2, 0) is 9.53 Å². The van der Waals surface area contributed by atoms with Gasteiger partial charge in [-0.05, 0) is 36.8 Å². The molecular formula is C20H21FN2O3. The maximum atomic E-state index is 13.1. The van der Waals surface area contributed by atoms with Crippen LogP contribution in [0.1, 0.15) is 28.9 Å². The molecule has 0 radical (unpaired) electrons. The van der Waals surface area contributed by atoms with E-state index in [9.17, 15) is 14.0 Å². The van der Waals surface area contributed by atoms with Crippen LogP contribution in [0.3, 0.4) is 0 Å². The van der Waals surface area contributed by atoms with Gasteiger partial charge >= 0.3 is 0 Å². The van der Waals surface area contributed by atoms with E-state index in [-0.39, 0.29) is 23.7 Å². The first-order valence-electron chi connectivity index (χ1n) is 8.56. The van der Waals surface area contributed by atoms with Crippen molar-refractivity contribution in [3.63, 3.8) is 0 Å². The Kier molecular flexibility index (Phi) is 5.63. The molecule has 2 unspecified atom stereocenters. The van der Waals surface area contributed by atoms with Crippen molar-refractivity contribution in [2.24, 2.45) is 0 Å². The zero-order valence-electron chi connectivity index (χ0n) is 14.5. The quantitative estimate of drug-likeness (QED) is 0.916. The van der Waals surface area contributed by atoms with Gasteiger partial charge in [-0.2, -0.15) is 0 Å². The lowest BCUT2D eigenvalue weighted by molar-refractivity contribution is -0.140. The minimum atomic E-state index is -0.644. The molecular weight excluding hydrogens is 335 g/mol. The Bertz CT molecular complexity index is 764. The smallest absolute Gasteiger partial charge is 0.251 e. The summed E-state index contributed by atoms with van der Waals surface area (Å²) in [6, 6.07) is 14.2. The summed E-state index contributed by atoms with van der Waals surface area (Å²) in [4.78, 5) is 26.6. The molecule has 136 valence electrons. The average Bonchev–Trinajstić information content (AvgIpc) is 2.68. The van der Waals surface area contributed by atoms with Gasteiger partial charge in [0.05, 0.1) is 13.2 Å². The van der Waals surface area contributed by atoms with Gasteiger partial charge in [-0.15, -0.1) is 0 Å². The first kappa shape index (κ1) is 18.1. The number of carbonyl (C=O) groups is 2. The molecule has 6 heteroatoms. The second-order valence-corrected chi connectivity index (χ2v) is 6.26. The van der Waals surface area contributed by atoms with Crippen molar-refractivity contribution in [3.8, 4) is 0 Å². The molecule has 2 atom stereocenters. The van der Waals surface area contributed by atoms with Crippen LogP contribution in [0.4, 0.5) is 4.39 Å². The van der Waals surface area contributed by atoms with Crippen molar-refractivity contribution in [1.29, 1.82) is 0 Å².